The fourth-order valence-corrected chi connectivity index (χ4v) is 3.88. The van der Waals surface area contributed by atoms with Gasteiger partial charge >= 0.3 is 0 Å². The van der Waals surface area contributed by atoms with Crippen molar-refractivity contribution in [3.63, 3.8) is 0 Å². The number of nitrogens with zero attached hydrogens (tertiary/aromatic N) is 3. The van der Waals surface area contributed by atoms with Gasteiger partial charge in [0, 0.05) is 30.5 Å². The van der Waals surface area contributed by atoms with E-state index >= 15 is 0 Å². The SMILES string of the molecule is CCCCOc1ccc(-c2nn(-c3ccccc3)cc2/C=C(\C#N)C(=O)NC[C@@H]2CCCO2)cc1. The van der Waals surface area contributed by atoms with Gasteiger partial charge in [-0.1, -0.05) is 31.5 Å². The van der Waals surface area contributed by atoms with Gasteiger partial charge in [0.15, 0.2) is 0 Å². The molecule has 0 unspecified atom stereocenters. The van der Waals surface area contributed by atoms with Crippen LogP contribution in [-0.4, -0.2) is 41.6 Å². The molecular weight excluding hydrogens is 440 g/mol. The number of nitrogens with one attached hydrogen (secondary N) is 1. The summed E-state index contributed by atoms with van der Waals surface area (Å²) in [6, 6.07) is 19.5. The minimum atomic E-state index is -0.416. The number of rotatable bonds is 10. The van der Waals surface area contributed by atoms with Crippen LogP contribution in [0.4, 0.5) is 0 Å². The summed E-state index contributed by atoms with van der Waals surface area (Å²) in [6.45, 7) is 3.92. The van der Waals surface area contributed by atoms with E-state index in [1.54, 1.807) is 10.8 Å². The molecule has 0 aliphatic carbocycles. The Kier molecular flexibility index (Phi) is 8.31. The number of benzene rings is 2. The van der Waals surface area contributed by atoms with Gasteiger partial charge in [-0.05, 0) is 61.7 Å². The Morgan fingerprint density at radius 3 is 2.74 bits per heavy atom. The topological polar surface area (TPSA) is 89.2 Å². The summed E-state index contributed by atoms with van der Waals surface area (Å²) < 4.78 is 13.1. The lowest BCUT2D eigenvalue weighted by Gasteiger charge is -2.10. The van der Waals surface area contributed by atoms with Crippen LogP contribution < -0.4 is 10.1 Å². The molecule has 1 aliphatic rings. The number of ether oxygens (including phenoxy) is 2. The Balaban J connectivity index is 1.62. The zero-order valence-electron chi connectivity index (χ0n) is 19.9. The highest BCUT2D eigenvalue weighted by Gasteiger charge is 2.19. The van der Waals surface area contributed by atoms with Gasteiger partial charge in [0.05, 0.1) is 24.1 Å². The number of unbranched alkanes of at least 4 members (excludes halogenated alkanes) is 1. The third-order valence-corrected chi connectivity index (χ3v) is 5.84. The number of hydrogen-bond acceptors (Lipinski definition) is 5. The number of para-hydroxylation sites is 1. The lowest BCUT2D eigenvalue weighted by Crippen LogP contribution is -2.32. The third-order valence-electron chi connectivity index (χ3n) is 5.84. The van der Waals surface area contributed by atoms with Crippen LogP contribution in [-0.2, 0) is 9.53 Å². The molecule has 1 atom stereocenters. The standard InChI is InChI=1S/C28H30N4O3/c1-2-3-15-34-25-13-11-21(12-14-25)27-23(20-32(31-27)24-8-5-4-6-9-24)17-22(18-29)28(33)30-19-26-10-7-16-35-26/h4-6,8-9,11-14,17,20,26H,2-3,7,10,15-16,19H2,1H3,(H,30,33)/b22-17+/t26-/m0/s1. The largest absolute Gasteiger partial charge is 0.494 e. The molecular formula is C28H30N4O3. The van der Waals surface area contributed by atoms with Crippen molar-refractivity contribution in [1.82, 2.24) is 15.1 Å². The molecule has 7 heteroatoms. The van der Waals surface area contributed by atoms with E-state index in [0.717, 1.165) is 42.7 Å². The van der Waals surface area contributed by atoms with Gasteiger partial charge in [0.2, 0.25) is 0 Å². The third kappa shape index (κ3) is 6.37. The molecule has 1 aliphatic heterocycles. The zero-order valence-corrected chi connectivity index (χ0v) is 19.9. The van der Waals surface area contributed by atoms with Crippen molar-refractivity contribution in [3.05, 3.63) is 71.9 Å². The highest BCUT2D eigenvalue weighted by atomic mass is 16.5. The number of carbonyl (C=O) groups excluding carboxylic acids is 1. The van der Waals surface area contributed by atoms with E-state index in [1.165, 1.54) is 0 Å². The Labute approximate surface area is 206 Å². The summed E-state index contributed by atoms with van der Waals surface area (Å²) in [6.07, 6.45) is 7.42. The van der Waals surface area contributed by atoms with Crippen molar-refractivity contribution in [2.24, 2.45) is 0 Å². The molecule has 1 N–H and O–H groups in total. The molecule has 1 fully saturated rings. The monoisotopic (exact) mass is 470 g/mol. The Morgan fingerprint density at radius 1 is 1.26 bits per heavy atom. The second kappa shape index (κ2) is 12.0. The van der Waals surface area contributed by atoms with E-state index in [0.29, 0.717) is 31.0 Å². The maximum atomic E-state index is 12.7. The van der Waals surface area contributed by atoms with E-state index in [4.69, 9.17) is 14.6 Å². The first kappa shape index (κ1) is 24.2. The molecule has 1 saturated heterocycles. The highest BCUT2D eigenvalue weighted by molar-refractivity contribution is 6.02. The molecule has 0 radical (unpaired) electrons. The van der Waals surface area contributed by atoms with Crippen LogP contribution in [0.25, 0.3) is 23.0 Å². The van der Waals surface area contributed by atoms with Gasteiger partial charge in [-0.3, -0.25) is 4.79 Å². The van der Waals surface area contributed by atoms with Gasteiger partial charge in [-0.15, -0.1) is 0 Å². The molecule has 0 bridgehead atoms. The Morgan fingerprint density at radius 2 is 2.06 bits per heavy atom. The molecule has 3 aromatic rings. The summed E-state index contributed by atoms with van der Waals surface area (Å²) in [5.41, 5.74) is 3.13. The zero-order chi connectivity index (χ0) is 24.5. The summed E-state index contributed by atoms with van der Waals surface area (Å²) in [7, 11) is 0. The van der Waals surface area contributed by atoms with E-state index in [9.17, 15) is 10.1 Å². The van der Waals surface area contributed by atoms with Crippen LogP contribution in [0.3, 0.4) is 0 Å². The molecule has 1 amide bonds. The summed E-state index contributed by atoms with van der Waals surface area (Å²) >= 11 is 0. The number of hydrogen-bond donors (Lipinski definition) is 1. The van der Waals surface area contributed by atoms with E-state index in [1.807, 2.05) is 66.9 Å². The fraction of sp³-hybridized carbons (Fsp3) is 0.321. The molecule has 2 heterocycles. The Bertz CT molecular complexity index is 1190. The van der Waals surface area contributed by atoms with Crippen molar-refractivity contribution in [2.45, 2.75) is 38.7 Å². The molecule has 1 aromatic heterocycles. The highest BCUT2D eigenvalue weighted by Crippen LogP contribution is 2.27. The molecule has 35 heavy (non-hydrogen) atoms. The quantitative estimate of drug-likeness (QED) is 0.258. The van der Waals surface area contributed by atoms with Crippen molar-refractivity contribution in [1.29, 1.82) is 5.26 Å². The van der Waals surface area contributed by atoms with Crippen LogP contribution in [0.2, 0.25) is 0 Å². The van der Waals surface area contributed by atoms with Crippen molar-refractivity contribution >= 4 is 12.0 Å². The fourth-order valence-electron chi connectivity index (χ4n) is 3.88. The number of amides is 1. The van der Waals surface area contributed by atoms with E-state index in [-0.39, 0.29) is 11.7 Å². The minimum absolute atomic E-state index is 0.00773. The van der Waals surface area contributed by atoms with Crippen LogP contribution in [0.5, 0.6) is 5.75 Å². The molecule has 180 valence electrons. The van der Waals surface area contributed by atoms with Crippen molar-refractivity contribution in [2.75, 3.05) is 19.8 Å². The minimum Gasteiger partial charge on any atom is -0.494 e. The number of nitriles is 1. The summed E-state index contributed by atoms with van der Waals surface area (Å²) in [4.78, 5) is 12.7. The predicted molar refractivity (Wildman–Crippen MR) is 135 cm³/mol. The Hall–Kier alpha value is -3.89. The van der Waals surface area contributed by atoms with Crippen LogP contribution in [0, 0.1) is 11.3 Å². The first-order valence-electron chi connectivity index (χ1n) is 12.1. The predicted octanol–water partition coefficient (Wildman–Crippen LogP) is 4.92. The number of aromatic nitrogens is 2. The lowest BCUT2D eigenvalue weighted by atomic mass is 10.1. The summed E-state index contributed by atoms with van der Waals surface area (Å²) in [5, 5.41) is 17.3. The molecule has 7 nitrogen and oxygen atoms in total. The second-order valence-corrected chi connectivity index (χ2v) is 8.45. The van der Waals surface area contributed by atoms with Gasteiger partial charge in [0.25, 0.3) is 5.91 Å². The van der Waals surface area contributed by atoms with E-state index < -0.39 is 5.91 Å². The van der Waals surface area contributed by atoms with Crippen LogP contribution >= 0.6 is 0 Å². The maximum Gasteiger partial charge on any atom is 0.262 e. The first-order valence-corrected chi connectivity index (χ1v) is 12.1. The van der Waals surface area contributed by atoms with Crippen molar-refractivity contribution < 1.29 is 14.3 Å². The molecule has 4 rings (SSSR count). The van der Waals surface area contributed by atoms with Gasteiger partial charge in [-0.25, -0.2) is 4.68 Å². The van der Waals surface area contributed by atoms with Gasteiger partial charge < -0.3 is 14.8 Å². The second-order valence-electron chi connectivity index (χ2n) is 8.45. The number of carbonyl (C=O) groups is 1. The average molecular weight is 471 g/mol. The van der Waals surface area contributed by atoms with Gasteiger partial charge in [-0.2, -0.15) is 10.4 Å². The lowest BCUT2D eigenvalue weighted by molar-refractivity contribution is -0.117. The maximum absolute atomic E-state index is 12.7. The summed E-state index contributed by atoms with van der Waals surface area (Å²) in [5.74, 6) is 0.383. The van der Waals surface area contributed by atoms with Crippen LogP contribution in [0.15, 0.2) is 66.4 Å². The van der Waals surface area contributed by atoms with Crippen LogP contribution in [0.1, 0.15) is 38.2 Å². The molecule has 2 aromatic carbocycles. The van der Waals surface area contributed by atoms with E-state index in [2.05, 4.69) is 12.2 Å². The first-order chi connectivity index (χ1) is 17.2. The normalized spacial score (nSPS) is 15.5. The average Bonchev–Trinajstić information content (AvgIpc) is 3.57. The molecule has 0 saturated carbocycles. The van der Waals surface area contributed by atoms with Gasteiger partial charge in [0.1, 0.15) is 17.4 Å². The molecule has 0 spiro atoms. The smallest absolute Gasteiger partial charge is 0.262 e. The van der Waals surface area contributed by atoms with Crippen molar-refractivity contribution in [3.8, 4) is 28.8 Å².